The van der Waals surface area contributed by atoms with Crippen LogP contribution in [0, 0.1) is 0 Å². The Hall–Kier alpha value is -0.300. The summed E-state index contributed by atoms with van der Waals surface area (Å²) in [5.41, 5.74) is 0. The molecule has 1 nitrogen and oxygen atoms in total. The maximum absolute atomic E-state index is 9.55. The first-order valence-electron chi connectivity index (χ1n) is 2.08. The van der Waals surface area contributed by atoms with Crippen molar-refractivity contribution >= 4 is 17.9 Å². The molecule has 7 heavy (non-hydrogen) atoms. The molecule has 0 aromatic heterocycles. The Kier molecular flexibility index (Phi) is 5.46. The summed E-state index contributed by atoms with van der Waals surface area (Å²) in [7, 11) is 0. The summed E-state index contributed by atoms with van der Waals surface area (Å²) in [6.45, 7) is 0. The van der Waals surface area contributed by atoms with Gasteiger partial charge in [-0.05, 0) is 12.5 Å². The van der Waals surface area contributed by atoms with Crippen LogP contribution in [0.3, 0.4) is 0 Å². The zero-order chi connectivity index (χ0) is 5.54. The Morgan fingerprint density at radius 2 is 2.29 bits per heavy atom. The molecule has 40 valence electrons. The van der Waals surface area contributed by atoms with Crippen molar-refractivity contribution < 1.29 is 4.79 Å². The summed E-state index contributed by atoms with van der Waals surface area (Å²) in [5.74, 6) is 0.588. The predicted molar refractivity (Wildman–Crippen MR) is 30.5 cm³/mol. The molecule has 0 radical (unpaired) electrons. The van der Waals surface area contributed by atoms with Gasteiger partial charge < -0.3 is 0 Å². The lowest BCUT2D eigenvalue weighted by Gasteiger charge is -1.74. The Labute approximate surface area is 48.0 Å². The van der Waals surface area contributed by atoms with Gasteiger partial charge in [-0.1, -0.05) is 6.08 Å². The number of rotatable bonds is 3. The summed E-state index contributed by atoms with van der Waals surface area (Å²) in [4.78, 5) is 9.55. The summed E-state index contributed by atoms with van der Waals surface area (Å²) >= 11 is 5.27. The third-order valence-corrected chi connectivity index (χ3v) is 0.709. The van der Waals surface area contributed by atoms with E-state index in [2.05, 4.69) is 0 Å². The minimum Gasteiger partial charge on any atom is -0.299 e. The fourth-order valence-corrected chi connectivity index (χ4v) is 0.341. The number of carbonyl (C=O) groups is 1. The lowest BCUT2D eigenvalue weighted by Crippen LogP contribution is -1.65. The molecule has 0 aromatic rings. The van der Waals surface area contributed by atoms with Crippen molar-refractivity contribution in [2.45, 2.75) is 6.42 Å². The normalized spacial score (nSPS) is 9.86. The SMILES string of the molecule is O=C/C=C/CCCl. The number of allylic oxidation sites excluding steroid dienone is 2. The molecule has 0 spiro atoms. The third kappa shape index (κ3) is 5.70. The largest absolute Gasteiger partial charge is 0.299 e. The van der Waals surface area contributed by atoms with Crippen molar-refractivity contribution in [2.75, 3.05) is 5.88 Å². The summed E-state index contributed by atoms with van der Waals surface area (Å²) in [6.07, 6.45) is 4.70. The molecular weight excluding hydrogens is 112 g/mol. The first-order chi connectivity index (χ1) is 3.41. The monoisotopic (exact) mass is 118 g/mol. The van der Waals surface area contributed by atoms with Gasteiger partial charge in [0.25, 0.3) is 0 Å². The molecule has 0 N–H and O–H groups in total. The van der Waals surface area contributed by atoms with E-state index >= 15 is 0 Å². The van der Waals surface area contributed by atoms with Gasteiger partial charge in [0.05, 0.1) is 0 Å². The molecule has 0 bridgehead atoms. The van der Waals surface area contributed by atoms with Crippen LogP contribution in [0.2, 0.25) is 0 Å². The smallest absolute Gasteiger partial charge is 0.142 e. The molecule has 0 saturated carbocycles. The Morgan fingerprint density at radius 1 is 1.57 bits per heavy atom. The van der Waals surface area contributed by atoms with Crippen LogP contribution in [-0.4, -0.2) is 12.2 Å². The molecule has 0 aliphatic heterocycles. The lowest BCUT2D eigenvalue weighted by molar-refractivity contribution is -0.104. The zero-order valence-corrected chi connectivity index (χ0v) is 4.69. The number of alkyl halides is 1. The van der Waals surface area contributed by atoms with E-state index in [0.29, 0.717) is 5.88 Å². The molecule has 0 aliphatic carbocycles. The average Bonchev–Trinajstić information content (AvgIpc) is 1.69. The molecule has 0 heterocycles. The number of halogens is 1. The van der Waals surface area contributed by atoms with Crippen molar-refractivity contribution in [3.8, 4) is 0 Å². The second-order valence-corrected chi connectivity index (χ2v) is 1.42. The molecular formula is C5H7ClO. The van der Waals surface area contributed by atoms with Crippen LogP contribution in [0.25, 0.3) is 0 Å². The zero-order valence-electron chi connectivity index (χ0n) is 3.93. The molecule has 0 amide bonds. The van der Waals surface area contributed by atoms with Crippen molar-refractivity contribution in [3.63, 3.8) is 0 Å². The van der Waals surface area contributed by atoms with Crippen LogP contribution < -0.4 is 0 Å². The van der Waals surface area contributed by atoms with Gasteiger partial charge in [-0.2, -0.15) is 0 Å². The van der Waals surface area contributed by atoms with Crippen LogP contribution >= 0.6 is 11.6 Å². The fourth-order valence-electron chi connectivity index (χ4n) is 0.215. The van der Waals surface area contributed by atoms with Gasteiger partial charge in [-0.25, -0.2) is 0 Å². The van der Waals surface area contributed by atoms with Crippen molar-refractivity contribution in [2.24, 2.45) is 0 Å². The number of hydrogen-bond donors (Lipinski definition) is 0. The van der Waals surface area contributed by atoms with Gasteiger partial charge in [0, 0.05) is 5.88 Å². The quantitative estimate of drug-likeness (QED) is 0.311. The van der Waals surface area contributed by atoms with E-state index in [0.717, 1.165) is 12.7 Å². The summed E-state index contributed by atoms with van der Waals surface area (Å²) in [6, 6.07) is 0. The third-order valence-electron chi connectivity index (χ3n) is 0.490. The van der Waals surface area contributed by atoms with E-state index in [9.17, 15) is 4.79 Å². The Bertz CT molecular complexity index is 68.5. The Morgan fingerprint density at radius 3 is 2.71 bits per heavy atom. The second-order valence-electron chi connectivity index (χ2n) is 1.04. The van der Waals surface area contributed by atoms with Crippen LogP contribution in [0.1, 0.15) is 6.42 Å². The van der Waals surface area contributed by atoms with Crippen molar-refractivity contribution in [1.29, 1.82) is 0 Å². The highest BCUT2D eigenvalue weighted by atomic mass is 35.5. The standard InChI is InChI=1S/C5H7ClO/c6-4-2-1-3-5-7/h1,3,5H,2,4H2/b3-1+. The van der Waals surface area contributed by atoms with Gasteiger partial charge in [-0.15, -0.1) is 11.6 Å². The van der Waals surface area contributed by atoms with Gasteiger partial charge in [0.1, 0.15) is 6.29 Å². The summed E-state index contributed by atoms with van der Waals surface area (Å²) < 4.78 is 0. The van der Waals surface area contributed by atoms with Crippen molar-refractivity contribution in [3.05, 3.63) is 12.2 Å². The number of carbonyl (C=O) groups excluding carboxylic acids is 1. The van der Waals surface area contributed by atoms with Crippen LogP contribution in [0.5, 0.6) is 0 Å². The molecule has 0 atom stereocenters. The lowest BCUT2D eigenvalue weighted by atomic mass is 10.4. The van der Waals surface area contributed by atoms with E-state index in [1.165, 1.54) is 6.08 Å². The average molecular weight is 119 g/mol. The number of hydrogen-bond acceptors (Lipinski definition) is 1. The van der Waals surface area contributed by atoms with Crippen LogP contribution in [0.4, 0.5) is 0 Å². The topological polar surface area (TPSA) is 17.1 Å². The van der Waals surface area contributed by atoms with Crippen molar-refractivity contribution in [1.82, 2.24) is 0 Å². The van der Waals surface area contributed by atoms with Gasteiger partial charge >= 0.3 is 0 Å². The Balaban J connectivity index is 2.92. The van der Waals surface area contributed by atoms with E-state index in [4.69, 9.17) is 11.6 Å². The molecule has 0 fully saturated rings. The highest BCUT2D eigenvalue weighted by Gasteiger charge is 1.69. The van der Waals surface area contributed by atoms with Gasteiger partial charge in [-0.3, -0.25) is 4.79 Å². The first-order valence-corrected chi connectivity index (χ1v) is 2.61. The maximum Gasteiger partial charge on any atom is 0.142 e. The first kappa shape index (κ1) is 6.70. The molecule has 0 rings (SSSR count). The minimum atomic E-state index is 0.588. The second kappa shape index (κ2) is 5.70. The maximum atomic E-state index is 9.55. The van der Waals surface area contributed by atoms with Crippen LogP contribution in [0.15, 0.2) is 12.2 Å². The molecule has 2 heteroatoms. The van der Waals surface area contributed by atoms with E-state index in [1.807, 2.05) is 0 Å². The van der Waals surface area contributed by atoms with E-state index in [-0.39, 0.29) is 0 Å². The molecule has 0 unspecified atom stereocenters. The summed E-state index contributed by atoms with van der Waals surface area (Å²) in [5, 5.41) is 0. The predicted octanol–water partition coefficient (Wildman–Crippen LogP) is 1.37. The highest BCUT2D eigenvalue weighted by molar-refractivity contribution is 6.17. The highest BCUT2D eigenvalue weighted by Crippen LogP contribution is 1.83. The number of aldehydes is 1. The molecule has 0 aromatic carbocycles. The van der Waals surface area contributed by atoms with Gasteiger partial charge in [0.2, 0.25) is 0 Å². The fraction of sp³-hybridized carbons (Fsp3) is 0.400. The van der Waals surface area contributed by atoms with E-state index in [1.54, 1.807) is 6.08 Å². The van der Waals surface area contributed by atoms with Crippen LogP contribution in [-0.2, 0) is 4.79 Å². The van der Waals surface area contributed by atoms with E-state index < -0.39 is 0 Å². The minimum absolute atomic E-state index is 0.588. The molecule has 0 aliphatic rings. The van der Waals surface area contributed by atoms with Gasteiger partial charge in [0.15, 0.2) is 0 Å². The molecule has 0 saturated heterocycles.